The molecule has 4 aromatic rings. The van der Waals surface area contributed by atoms with Crippen LogP contribution >= 0.6 is 11.3 Å². The molecular formula is C21H24N6OS. The first-order valence-electron chi connectivity index (χ1n) is 9.69. The number of rotatable bonds is 8. The summed E-state index contributed by atoms with van der Waals surface area (Å²) >= 11 is 1.45. The summed E-state index contributed by atoms with van der Waals surface area (Å²) in [5, 5.41) is 5.03. The summed E-state index contributed by atoms with van der Waals surface area (Å²) in [6, 6.07) is 9.54. The minimum absolute atomic E-state index is 0.557. The van der Waals surface area contributed by atoms with Gasteiger partial charge in [0.05, 0.1) is 28.7 Å². The Hall–Kier alpha value is -2.97. The van der Waals surface area contributed by atoms with Gasteiger partial charge in [-0.05, 0) is 31.3 Å². The standard InChI is InChI=1S/C21H24N6OS/c1-3-26(4-2)9-10-27-14-15(13-24-27)19-11-17(7-8-23-19)28-16-5-6-18-20(12-16)29-21(22)25-18/h5-8,11-14H,3-4,9-10H2,1-2H3,(H2,22,25). The highest BCUT2D eigenvalue weighted by Gasteiger charge is 2.08. The molecular weight excluding hydrogens is 384 g/mol. The van der Waals surface area contributed by atoms with Crippen LogP contribution in [0.25, 0.3) is 21.5 Å². The SMILES string of the molecule is CCN(CC)CCn1cc(-c2cc(Oc3ccc4nc(N)sc4c3)ccn2)cn1. The monoisotopic (exact) mass is 408 g/mol. The second kappa shape index (κ2) is 8.59. The van der Waals surface area contributed by atoms with Gasteiger partial charge in [0.2, 0.25) is 0 Å². The number of hydrogen-bond donors (Lipinski definition) is 1. The minimum atomic E-state index is 0.557. The molecule has 7 nitrogen and oxygen atoms in total. The lowest BCUT2D eigenvalue weighted by Crippen LogP contribution is -2.27. The molecule has 8 heteroatoms. The number of thiazole rings is 1. The van der Waals surface area contributed by atoms with Crippen molar-refractivity contribution in [2.24, 2.45) is 0 Å². The van der Waals surface area contributed by atoms with Crippen LogP contribution in [-0.2, 0) is 6.54 Å². The number of anilines is 1. The largest absolute Gasteiger partial charge is 0.457 e. The molecule has 0 saturated carbocycles. The van der Waals surface area contributed by atoms with E-state index in [0.717, 1.165) is 59.2 Å². The average Bonchev–Trinajstić information content (AvgIpc) is 3.34. The van der Waals surface area contributed by atoms with Gasteiger partial charge >= 0.3 is 0 Å². The Bertz CT molecular complexity index is 1100. The van der Waals surface area contributed by atoms with Crippen molar-refractivity contribution in [3.63, 3.8) is 0 Å². The minimum Gasteiger partial charge on any atom is -0.457 e. The highest BCUT2D eigenvalue weighted by atomic mass is 32.1. The van der Waals surface area contributed by atoms with Gasteiger partial charge in [-0.1, -0.05) is 25.2 Å². The average molecular weight is 409 g/mol. The van der Waals surface area contributed by atoms with Gasteiger partial charge in [0.15, 0.2) is 5.13 Å². The van der Waals surface area contributed by atoms with E-state index in [1.165, 1.54) is 11.3 Å². The van der Waals surface area contributed by atoms with Crippen molar-refractivity contribution in [2.75, 3.05) is 25.4 Å². The number of pyridine rings is 1. The first-order valence-corrected chi connectivity index (χ1v) is 10.5. The van der Waals surface area contributed by atoms with Crippen molar-refractivity contribution >= 4 is 26.7 Å². The van der Waals surface area contributed by atoms with E-state index in [9.17, 15) is 0 Å². The Balaban J connectivity index is 1.48. The van der Waals surface area contributed by atoms with E-state index in [4.69, 9.17) is 10.5 Å². The van der Waals surface area contributed by atoms with Gasteiger partial charge in [-0.15, -0.1) is 0 Å². The summed E-state index contributed by atoms with van der Waals surface area (Å²) in [6.07, 6.45) is 5.63. The van der Waals surface area contributed by atoms with E-state index in [1.807, 2.05) is 47.4 Å². The molecule has 3 heterocycles. The zero-order valence-electron chi connectivity index (χ0n) is 16.6. The maximum Gasteiger partial charge on any atom is 0.181 e. The van der Waals surface area contributed by atoms with Crippen molar-refractivity contribution in [2.45, 2.75) is 20.4 Å². The van der Waals surface area contributed by atoms with Gasteiger partial charge in [-0.25, -0.2) is 4.98 Å². The molecule has 0 radical (unpaired) electrons. The molecule has 150 valence electrons. The lowest BCUT2D eigenvalue weighted by Gasteiger charge is -2.17. The van der Waals surface area contributed by atoms with Crippen LogP contribution in [0.2, 0.25) is 0 Å². The Labute approximate surface area is 173 Å². The number of likely N-dealkylation sites (N-methyl/N-ethyl adjacent to an activating group) is 1. The molecule has 0 bridgehead atoms. The van der Waals surface area contributed by atoms with Gasteiger partial charge in [-0.3, -0.25) is 9.67 Å². The van der Waals surface area contributed by atoms with Gasteiger partial charge in [-0.2, -0.15) is 5.10 Å². The number of aromatic nitrogens is 4. The molecule has 2 N–H and O–H groups in total. The van der Waals surface area contributed by atoms with E-state index in [1.54, 1.807) is 6.20 Å². The molecule has 0 atom stereocenters. The third-order valence-corrected chi connectivity index (χ3v) is 5.66. The molecule has 4 rings (SSSR count). The normalized spacial score (nSPS) is 11.4. The Morgan fingerprint density at radius 3 is 2.79 bits per heavy atom. The van der Waals surface area contributed by atoms with E-state index < -0.39 is 0 Å². The zero-order chi connectivity index (χ0) is 20.2. The van der Waals surface area contributed by atoms with Crippen LogP contribution in [0.4, 0.5) is 5.13 Å². The molecule has 0 fully saturated rings. The van der Waals surface area contributed by atoms with Gasteiger partial charge in [0.1, 0.15) is 11.5 Å². The maximum atomic E-state index is 6.04. The number of hydrogen-bond acceptors (Lipinski definition) is 7. The van der Waals surface area contributed by atoms with E-state index in [-0.39, 0.29) is 0 Å². The second-order valence-corrected chi connectivity index (χ2v) is 7.74. The van der Waals surface area contributed by atoms with Crippen molar-refractivity contribution in [3.8, 4) is 22.8 Å². The van der Waals surface area contributed by atoms with Gasteiger partial charge in [0.25, 0.3) is 0 Å². The molecule has 29 heavy (non-hydrogen) atoms. The molecule has 0 aliphatic heterocycles. The topological polar surface area (TPSA) is 82.1 Å². The van der Waals surface area contributed by atoms with Crippen LogP contribution in [0.15, 0.2) is 48.9 Å². The fourth-order valence-electron chi connectivity index (χ4n) is 3.16. The number of benzene rings is 1. The van der Waals surface area contributed by atoms with E-state index in [0.29, 0.717) is 5.13 Å². The summed E-state index contributed by atoms with van der Waals surface area (Å²) in [5.41, 5.74) is 8.47. The third kappa shape index (κ3) is 4.55. The predicted molar refractivity (Wildman–Crippen MR) is 117 cm³/mol. The highest BCUT2D eigenvalue weighted by Crippen LogP contribution is 2.31. The van der Waals surface area contributed by atoms with Crippen LogP contribution in [-0.4, -0.2) is 44.3 Å². The van der Waals surface area contributed by atoms with E-state index >= 15 is 0 Å². The van der Waals surface area contributed by atoms with Crippen molar-refractivity contribution in [1.82, 2.24) is 24.6 Å². The Morgan fingerprint density at radius 2 is 1.97 bits per heavy atom. The van der Waals surface area contributed by atoms with Crippen LogP contribution in [0.5, 0.6) is 11.5 Å². The Kier molecular flexibility index (Phi) is 5.73. The van der Waals surface area contributed by atoms with Crippen LogP contribution < -0.4 is 10.5 Å². The number of nitrogen functional groups attached to an aromatic ring is 1. The second-order valence-electron chi connectivity index (χ2n) is 6.68. The zero-order valence-corrected chi connectivity index (χ0v) is 17.4. The first kappa shape index (κ1) is 19.4. The summed E-state index contributed by atoms with van der Waals surface area (Å²) < 4.78 is 9.00. The quantitative estimate of drug-likeness (QED) is 0.469. The number of nitrogens with two attached hydrogens (primary N) is 1. The maximum absolute atomic E-state index is 6.04. The molecule has 0 saturated heterocycles. The first-order chi connectivity index (χ1) is 14.1. The number of ether oxygens (including phenoxy) is 1. The van der Waals surface area contributed by atoms with Gasteiger partial charge < -0.3 is 15.4 Å². The molecule has 1 aromatic carbocycles. The van der Waals surface area contributed by atoms with Crippen molar-refractivity contribution in [1.29, 1.82) is 0 Å². The van der Waals surface area contributed by atoms with Crippen molar-refractivity contribution < 1.29 is 4.74 Å². The predicted octanol–water partition coefficient (Wildman–Crippen LogP) is 4.27. The molecule has 0 spiro atoms. The molecule has 0 unspecified atom stereocenters. The lowest BCUT2D eigenvalue weighted by molar-refractivity contribution is 0.285. The summed E-state index contributed by atoms with van der Waals surface area (Å²) in [4.78, 5) is 11.1. The van der Waals surface area contributed by atoms with Crippen LogP contribution in [0.1, 0.15) is 13.8 Å². The van der Waals surface area contributed by atoms with Crippen LogP contribution in [0.3, 0.4) is 0 Å². The summed E-state index contributed by atoms with van der Waals surface area (Å²) in [7, 11) is 0. The molecule has 0 amide bonds. The lowest BCUT2D eigenvalue weighted by atomic mass is 10.2. The van der Waals surface area contributed by atoms with E-state index in [2.05, 4.69) is 33.8 Å². The third-order valence-electron chi connectivity index (χ3n) is 4.81. The number of fused-ring (bicyclic) bond motifs is 1. The molecule has 0 aliphatic rings. The molecule has 0 aliphatic carbocycles. The molecule has 3 aromatic heterocycles. The fourth-order valence-corrected chi connectivity index (χ4v) is 3.92. The van der Waals surface area contributed by atoms with Crippen LogP contribution in [0, 0.1) is 0 Å². The van der Waals surface area contributed by atoms with Crippen molar-refractivity contribution in [3.05, 3.63) is 48.9 Å². The Morgan fingerprint density at radius 1 is 1.14 bits per heavy atom. The van der Waals surface area contributed by atoms with Gasteiger partial charge in [0, 0.05) is 36.6 Å². The summed E-state index contributed by atoms with van der Waals surface area (Å²) in [6.45, 7) is 8.28. The highest BCUT2D eigenvalue weighted by molar-refractivity contribution is 7.22. The smallest absolute Gasteiger partial charge is 0.181 e. The fraction of sp³-hybridized carbons (Fsp3) is 0.286. The number of nitrogens with zero attached hydrogens (tertiary/aromatic N) is 5. The summed E-state index contributed by atoms with van der Waals surface area (Å²) in [5.74, 6) is 1.47.